The predicted molar refractivity (Wildman–Crippen MR) is 84.8 cm³/mol. The van der Waals surface area contributed by atoms with Gasteiger partial charge in [-0.1, -0.05) is 35.9 Å². The molecule has 1 saturated heterocycles. The van der Waals surface area contributed by atoms with Crippen molar-refractivity contribution in [1.29, 1.82) is 0 Å². The molecule has 0 saturated carbocycles. The Morgan fingerprint density at radius 3 is 2.65 bits per heavy atom. The zero-order valence-electron chi connectivity index (χ0n) is 12.2. The number of aryl methyl sites for hydroxylation is 1. The monoisotopic (exact) mass is 269 g/mol. The van der Waals surface area contributed by atoms with Crippen LogP contribution in [0.5, 0.6) is 0 Å². The van der Waals surface area contributed by atoms with Crippen LogP contribution >= 0.6 is 0 Å². The van der Waals surface area contributed by atoms with E-state index in [1.807, 2.05) is 0 Å². The summed E-state index contributed by atoms with van der Waals surface area (Å²) >= 11 is 0. The van der Waals surface area contributed by atoms with Crippen molar-refractivity contribution in [2.45, 2.75) is 13.5 Å². The zero-order valence-corrected chi connectivity index (χ0v) is 12.2. The second-order valence-electron chi connectivity index (χ2n) is 5.64. The van der Waals surface area contributed by atoms with Gasteiger partial charge in [-0.3, -0.25) is 4.90 Å². The standard InChI is InChI=1S/C17H23N3/c1-14-2-4-17-11-15(3-5-16(17)10-14)12-19-13-20-8-6-18-7-9-20/h2-5,10-11,18-19H,6-9,12-13H2,1H3. The van der Waals surface area contributed by atoms with Crippen LogP contribution < -0.4 is 10.6 Å². The molecule has 0 bridgehead atoms. The third-order valence-electron chi connectivity index (χ3n) is 3.93. The molecule has 2 aromatic carbocycles. The molecule has 2 N–H and O–H groups in total. The van der Waals surface area contributed by atoms with Crippen LogP contribution in [0, 0.1) is 6.92 Å². The van der Waals surface area contributed by atoms with Crippen LogP contribution in [0.1, 0.15) is 11.1 Å². The van der Waals surface area contributed by atoms with Gasteiger partial charge in [0.25, 0.3) is 0 Å². The highest BCUT2D eigenvalue weighted by atomic mass is 15.2. The molecule has 0 atom stereocenters. The van der Waals surface area contributed by atoms with Crippen LogP contribution in [0.2, 0.25) is 0 Å². The number of rotatable bonds is 4. The van der Waals surface area contributed by atoms with Crippen molar-refractivity contribution in [3.05, 3.63) is 47.5 Å². The molecule has 0 aromatic heterocycles. The number of nitrogens with zero attached hydrogens (tertiary/aromatic N) is 1. The molecule has 1 aliphatic heterocycles. The molecule has 3 nitrogen and oxygen atoms in total. The van der Waals surface area contributed by atoms with Gasteiger partial charge in [0.1, 0.15) is 0 Å². The van der Waals surface area contributed by atoms with Crippen molar-refractivity contribution in [1.82, 2.24) is 15.5 Å². The number of hydrogen-bond donors (Lipinski definition) is 2. The predicted octanol–water partition coefficient (Wildman–Crippen LogP) is 2.10. The quantitative estimate of drug-likeness (QED) is 0.890. The van der Waals surface area contributed by atoms with E-state index in [0.29, 0.717) is 0 Å². The third kappa shape index (κ3) is 3.37. The summed E-state index contributed by atoms with van der Waals surface area (Å²) in [4.78, 5) is 2.46. The SMILES string of the molecule is Cc1ccc2cc(CNCN3CCNCC3)ccc2c1. The van der Waals surface area contributed by atoms with Crippen LogP contribution in [-0.2, 0) is 6.54 Å². The summed E-state index contributed by atoms with van der Waals surface area (Å²) < 4.78 is 0. The number of fused-ring (bicyclic) bond motifs is 1. The summed E-state index contributed by atoms with van der Waals surface area (Å²) in [6.07, 6.45) is 0. The zero-order chi connectivity index (χ0) is 13.8. The maximum Gasteiger partial charge on any atom is 0.0484 e. The minimum absolute atomic E-state index is 0.938. The maximum atomic E-state index is 3.55. The Labute approximate surface area is 121 Å². The topological polar surface area (TPSA) is 27.3 Å². The Bertz CT molecular complexity index is 573. The van der Waals surface area contributed by atoms with Gasteiger partial charge in [0.05, 0.1) is 0 Å². The Balaban J connectivity index is 1.58. The molecule has 0 unspecified atom stereocenters. The minimum atomic E-state index is 0.938. The van der Waals surface area contributed by atoms with Crippen LogP contribution in [0.25, 0.3) is 10.8 Å². The van der Waals surface area contributed by atoms with Crippen molar-refractivity contribution < 1.29 is 0 Å². The van der Waals surface area contributed by atoms with Crippen LogP contribution in [0.3, 0.4) is 0 Å². The van der Waals surface area contributed by atoms with Crippen molar-refractivity contribution in [3.63, 3.8) is 0 Å². The van der Waals surface area contributed by atoms with E-state index in [0.717, 1.165) is 39.4 Å². The molecule has 1 fully saturated rings. The normalized spacial score (nSPS) is 16.6. The average Bonchev–Trinajstić information content (AvgIpc) is 2.48. The second kappa shape index (κ2) is 6.35. The van der Waals surface area contributed by atoms with E-state index >= 15 is 0 Å². The highest BCUT2D eigenvalue weighted by molar-refractivity contribution is 5.83. The number of piperazine rings is 1. The van der Waals surface area contributed by atoms with Crippen molar-refractivity contribution >= 4 is 10.8 Å². The fraction of sp³-hybridized carbons (Fsp3) is 0.412. The van der Waals surface area contributed by atoms with E-state index < -0.39 is 0 Å². The molecule has 3 heteroatoms. The molecule has 0 amide bonds. The molecule has 0 spiro atoms. The second-order valence-corrected chi connectivity index (χ2v) is 5.64. The van der Waals surface area contributed by atoms with Crippen molar-refractivity contribution in [2.24, 2.45) is 0 Å². The number of benzene rings is 2. The van der Waals surface area contributed by atoms with E-state index in [2.05, 4.69) is 58.9 Å². The molecule has 3 rings (SSSR count). The van der Waals surface area contributed by atoms with Crippen LogP contribution in [-0.4, -0.2) is 37.7 Å². The van der Waals surface area contributed by atoms with E-state index in [1.54, 1.807) is 0 Å². The summed E-state index contributed by atoms with van der Waals surface area (Å²) in [6, 6.07) is 13.4. The van der Waals surface area contributed by atoms with Gasteiger partial charge in [0, 0.05) is 39.4 Å². The Morgan fingerprint density at radius 1 is 1.05 bits per heavy atom. The maximum absolute atomic E-state index is 3.55. The molecular formula is C17H23N3. The smallest absolute Gasteiger partial charge is 0.0484 e. The molecule has 0 aliphatic carbocycles. The fourth-order valence-electron chi connectivity index (χ4n) is 2.75. The van der Waals surface area contributed by atoms with Gasteiger partial charge in [0.2, 0.25) is 0 Å². The summed E-state index contributed by atoms with van der Waals surface area (Å²) in [7, 11) is 0. The van der Waals surface area contributed by atoms with Gasteiger partial charge in [-0.05, 0) is 29.3 Å². The van der Waals surface area contributed by atoms with E-state index in [9.17, 15) is 0 Å². The Morgan fingerprint density at radius 2 is 1.80 bits per heavy atom. The first-order chi connectivity index (χ1) is 9.81. The van der Waals surface area contributed by atoms with Crippen molar-refractivity contribution in [2.75, 3.05) is 32.8 Å². The van der Waals surface area contributed by atoms with Gasteiger partial charge in [-0.2, -0.15) is 0 Å². The third-order valence-corrected chi connectivity index (χ3v) is 3.93. The van der Waals surface area contributed by atoms with Crippen LogP contribution in [0.15, 0.2) is 36.4 Å². The summed E-state index contributed by atoms with van der Waals surface area (Å²) in [5, 5.41) is 9.58. The van der Waals surface area contributed by atoms with Gasteiger partial charge in [-0.25, -0.2) is 0 Å². The number of hydrogen-bond acceptors (Lipinski definition) is 3. The summed E-state index contributed by atoms with van der Waals surface area (Å²) in [6.45, 7) is 8.56. The highest BCUT2D eigenvalue weighted by Crippen LogP contribution is 2.17. The molecule has 0 radical (unpaired) electrons. The molecule has 106 valence electrons. The lowest BCUT2D eigenvalue weighted by Gasteiger charge is -2.27. The highest BCUT2D eigenvalue weighted by Gasteiger charge is 2.08. The lowest BCUT2D eigenvalue weighted by Crippen LogP contribution is -2.46. The molecule has 1 heterocycles. The average molecular weight is 269 g/mol. The van der Waals surface area contributed by atoms with E-state index in [1.165, 1.54) is 21.9 Å². The summed E-state index contributed by atoms with van der Waals surface area (Å²) in [5.41, 5.74) is 2.68. The largest absolute Gasteiger partial charge is 0.314 e. The Kier molecular flexibility index (Phi) is 4.31. The van der Waals surface area contributed by atoms with Gasteiger partial charge >= 0.3 is 0 Å². The van der Waals surface area contributed by atoms with Gasteiger partial charge in [-0.15, -0.1) is 0 Å². The molecule has 20 heavy (non-hydrogen) atoms. The minimum Gasteiger partial charge on any atom is -0.314 e. The first-order valence-corrected chi connectivity index (χ1v) is 7.44. The number of nitrogens with one attached hydrogen (secondary N) is 2. The van der Waals surface area contributed by atoms with Gasteiger partial charge in [0.15, 0.2) is 0 Å². The first-order valence-electron chi connectivity index (χ1n) is 7.44. The molecular weight excluding hydrogens is 246 g/mol. The fourth-order valence-corrected chi connectivity index (χ4v) is 2.75. The van der Waals surface area contributed by atoms with E-state index in [-0.39, 0.29) is 0 Å². The molecule has 1 aliphatic rings. The Hall–Kier alpha value is -1.42. The van der Waals surface area contributed by atoms with E-state index in [4.69, 9.17) is 0 Å². The first kappa shape index (κ1) is 13.6. The summed E-state index contributed by atoms with van der Waals surface area (Å²) in [5.74, 6) is 0. The van der Waals surface area contributed by atoms with Gasteiger partial charge < -0.3 is 10.6 Å². The molecule has 2 aromatic rings. The van der Waals surface area contributed by atoms with Crippen LogP contribution in [0.4, 0.5) is 0 Å². The lowest BCUT2D eigenvalue weighted by molar-refractivity contribution is 0.223. The van der Waals surface area contributed by atoms with Crippen molar-refractivity contribution in [3.8, 4) is 0 Å². The lowest BCUT2D eigenvalue weighted by atomic mass is 10.0.